The lowest BCUT2D eigenvalue weighted by atomic mass is 10.1. The summed E-state index contributed by atoms with van der Waals surface area (Å²) in [6.45, 7) is 5.36. The van der Waals surface area contributed by atoms with Crippen molar-refractivity contribution in [3.05, 3.63) is 24.3 Å². The van der Waals surface area contributed by atoms with Gasteiger partial charge in [-0.05, 0) is 13.8 Å². The summed E-state index contributed by atoms with van der Waals surface area (Å²) < 4.78 is 5.11. The molecule has 0 fully saturated rings. The fourth-order valence-corrected chi connectivity index (χ4v) is 1.00. The molecule has 1 unspecified atom stereocenters. The Morgan fingerprint density at radius 2 is 1.69 bits per heavy atom. The smallest absolute Gasteiger partial charge is 0.302 e. The molecule has 0 aliphatic carbocycles. The highest BCUT2D eigenvalue weighted by atomic mass is 16.5. The van der Waals surface area contributed by atoms with Gasteiger partial charge in [-0.1, -0.05) is 24.3 Å². The van der Waals surface area contributed by atoms with E-state index < -0.39 is 0 Å². The SMILES string of the molecule is C/C=C\CC(C/C=C/C)OC(C)=O. The molecule has 0 amide bonds. The Balaban J connectivity index is 3.93. The Kier molecular flexibility index (Phi) is 6.98. The fraction of sp³-hybridized carbons (Fsp3) is 0.545. The third-order valence-corrected chi connectivity index (χ3v) is 1.60. The molecule has 0 rings (SSSR count). The maximum atomic E-state index is 10.7. The van der Waals surface area contributed by atoms with Crippen LogP contribution in [0.5, 0.6) is 0 Å². The molecule has 2 nitrogen and oxygen atoms in total. The van der Waals surface area contributed by atoms with Crippen LogP contribution >= 0.6 is 0 Å². The second-order valence-corrected chi connectivity index (χ2v) is 2.84. The van der Waals surface area contributed by atoms with Crippen molar-refractivity contribution in [2.45, 2.75) is 39.7 Å². The van der Waals surface area contributed by atoms with Gasteiger partial charge in [0.25, 0.3) is 0 Å². The third kappa shape index (κ3) is 7.32. The average Bonchev–Trinajstić information content (AvgIpc) is 2.09. The minimum absolute atomic E-state index is 0.00935. The van der Waals surface area contributed by atoms with Crippen molar-refractivity contribution in [1.29, 1.82) is 0 Å². The van der Waals surface area contributed by atoms with E-state index in [9.17, 15) is 4.79 Å². The van der Waals surface area contributed by atoms with Gasteiger partial charge in [0.15, 0.2) is 0 Å². The molecule has 0 N–H and O–H groups in total. The van der Waals surface area contributed by atoms with Crippen molar-refractivity contribution < 1.29 is 9.53 Å². The van der Waals surface area contributed by atoms with Crippen LogP contribution in [0, 0.1) is 0 Å². The molecule has 0 aromatic rings. The monoisotopic (exact) mass is 182 g/mol. The second-order valence-electron chi connectivity index (χ2n) is 2.84. The molecule has 0 spiro atoms. The molecule has 0 aromatic heterocycles. The van der Waals surface area contributed by atoms with Crippen molar-refractivity contribution in [3.63, 3.8) is 0 Å². The minimum atomic E-state index is -0.209. The van der Waals surface area contributed by atoms with Crippen molar-refractivity contribution in [1.82, 2.24) is 0 Å². The van der Waals surface area contributed by atoms with Crippen LogP contribution in [0.1, 0.15) is 33.6 Å². The number of carbonyl (C=O) groups excluding carboxylic acids is 1. The summed E-state index contributed by atoms with van der Waals surface area (Å²) in [6.07, 6.45) is 9.53. The zero-order valence-electron chi connectivity index (χ0n) is 8.62. The van der Waals surface area contributed by atoms with Gasteiger partial charge >= 0.3 is 5.97 Å². The Labute approximate surface area is 80.3 Å². The first-order chi connectivity index (χ1) is 6.20. The molecule has 0 saturated carbocycles. The summed E-state index contributed by atoms with van der Waals surface area (Å²) in [7, 11) is 0. The lowest BCUT2D eigenvalue weighted by molar-refractivity contribution is -0.145. The first-order valence-electron chi connectivity index (χ1n) is 4.60. The van der Waals surface area contributed by atoms with Crippen LogP contribution in [0.3, 0.4) is 0 Å². The number of hydrogen-bond donors (Lipinski definition) is 0. The molecule has 13 heavy (non-hydrogen) atoms. The number of ether oxygens (including phenoxy) is 1. The van der Waals surface area contributed by atoms with E-state index in [0.717, 1.165) is 12.8 Å². The quantitative estimate of drug-likeness (QED) is 0.482. The Morgan fingerprint density at radius 1 is 1.23 bits per heavy atom. The Morgan fingerprint density at radius 3 is 2.00 bits per heavy atom. The molecular weight excluding hydrogens is 164 g/mol. The normalized spacial score (nSPS) is 13.8. The van der Waals surface area contributed by atoms with E-state index in [1.807, 2.05) is 38.2 Å². The van der Waals surface area contributed by atoms with Crippen LogP contribution in [0.2, 0.25) is 0 Å². The zero-order valence-corrected chi connectivity index (χ0v) is 8.62. The third-order valence-electron chi connectivity index (χ3n) is 1.60. The molecule has 0 aliphatic heterocycles. The maximum Gasteiger partial charge on any atom is 0.302 e. The predicted octanol–water partition coefficient (Wildman–Crippen LogP) is 2.85. The van der Waals surface area contributed by atoms with Gasteiger partial charge in [0.1, 0.15) is 6.10 Å². The largest absolute Gasteiger partial charge is 0.462 e. The Bertz CT molecular complexity index is 178. The fourth-order valence-electron chi connectivity index (χ4n) is 1.00. The molecular formula is C11H18O2. The van der Waals surface area contributed by atoms with Gasteiger partial charge in [0, 0.05) is 19.8 Å². The highest BCUT2D eigenvalue weighted by Gasteiger charge is 2.07. The summed E-state index contributed by atoms with van der Waals surface area (Å²) >= 11 is 0. The summed E-state index contributed by atoms with van der Waals surface area (Å²) in [6, 6.07) is 0. The van der Waals surface area contributed by atoms with E-state index in [0.29, 0.717) is 0 Å². The standard InChI is InChI=1S/C11H18O2/c1-4-6-8-11(9-7-5-2)13-10(3)12/h4-7,11H,8-9H2,1-3H3/b6-4-,7-5+. The van der Waals surface area contributed by atoms with Gasteiger partial charge in [-0.25, -0.2) is 0 Å². The Hall–Kier alpha value is -1.05. The summed E-state index contributed by atoms with van der Waals surface area (Å²) in [5.74, 6) is -0.209. The van der Waals surface area contributed by atoms with Crippen LogP contribution in [0.15, 0.2) is 24.3 Å². The molecule has 1 atom stereocenters. The number of allylic oxidation sites excluding steroid dienone is 2. The molecule has 0 bridgehead atoms. The first kappa shape index (κ1) is 11.9. The number of rotatable bonds is 5. The van der Waals surface area contributed by atoms with E-state index in [4.69, 9.17) is 4.74 Å². The maximum absolute atomic E-state index is 10.7. The molecule has 0 aromatic carbocycles. The van der Waals surface area contributed by atoms with Crippen LogP contribution < -0.4 is 0 Å². The van der Waals surface area contributed by atoms with Gasteiger partial charge in [0.2, 0.25) is 0 Å². The minimum Gasteiger partial charge on any atom is -0.462 e. The van der Waals surface area contributed by atoms with Gasteiger partial charge in [-0.15, -0.1) is 0 Å². The van der Waals surface area contributed by atoms with Crippen molar-refractivity contribution in [2.24, 2.45) is 0 Å². The van der Waals surface area contributed by atoms with Crippen molar-refractivity contribution in [3.8, 4) is 0 Å². The summed E-state index contributed by atoms with van der Waals surface area (Å²) in [5, 5.41) is 0. The molecule has 0 radical (unpaired) electrons. The van der Waals surface area contributed by atoms with Gasteiger partial charge in [0.05, 0.1) is 0 Å². The average molecular weight is 182 g/mol. The summed E-state index contributed by atoms with van der Waals surface area (Å²) in [4.78, 5) is 10.7. The van der Waals surface area contributed by atoms with Crippen LogP contribution in [-0.2, 0) is 9.53 Å². The van der Waals surface area contributed by atoms with E-state index in [1.54, 1.807) is 0 Å². The molecule has 0 saturated heterocycles. The highest BCUT2D eigenvalue weighted by molar-refractivity contribution is 5.66. The molecule has 2 heteroatoms. The topological polar surface area (TPSA) is 26.3 Å². The highest BCUT2D eigenvalue weighted by Crippen LogP contribution is 2.06. The van der Waals surface area contributed by atoms with Crippen molar-refractivity contribution >= 4 is 5.97 Å². The number of carbonyl (C=O) groups is 1. The van der Waals surface area contributed by atoms with E-state index >= 15 is 0 Å². The zero-order chi connectivity index (χ0) is 10.1. The van der Waals surface area contributed by atoms with Gasteiger partial charge < -0.3 is 4.74 Å². The van der Waals surface area contributed by atoms with Crippen LogP contribution in [-0.4, -0.2) is 12.1 Å². The molecule has 0 aliphatic rings. The van der Waals surface area contributed by atoms with E-state index in [2.05, 4.69) is 0 Å². The van der Waals surface area contributed by atoms with Crippen LogP contribution in [0.25, 0.3) is 0 Å². The van der Waals surface area contributed by atoms with Crippen molar-refractivity contribution in [2.75, 3.05) is 0 Å². The molecule has 0 heterocycles. The number of esters is 1. The van der Waals surface area contributed by atoms with Gasteiger partial charge in [-0.2, -0.15) is 0 Å². The first-order valence-corrected chi connectivity index (χ1v) is 4.60. The lowest BCUT2D eigenvalue weighted by Gasteiger charge is -2.12. The van der Waals surface area contributed by atoms with E-state index in [-0.39, 0.29) is 12.1 Å². The lowest BCUT2D eigenvalue weighted by Crippen LogP contribution is -2.14. The number of hydrogen-bond acceptors (Lipinski definition) is 2. The van der Waals surface area contributed by atoms with E-state index in [1.165, 1.54) is 6.92 Å². The predicted molar refractivity (Wildman–Crippen MR) is 54.4 cm³/mol. The van der Waals surface area contributed by atoms with Gasteiger partial charge in [-0.3, -0.25) is 4.79 Å². The van der Waals surface area contributed by atoms with Crippen LogP contribution in [0.4, 0.5) is 0 Å². The molecule has 74 valence electrons. The second kappa shape index (κ2) is 7.59. The summed E-state index contributed by atoms with van der Waals surface area (Å²) in [5.41, 5.74) is 0.